The summed E-state index contributed by atoms with van der Waals surface area (Å²) in [6.45, 7) is 11.9. The lowest BCUT2D eigenvalue weighted by molar-refractivity contribution is -0.139. The van der Waals surface area contributed by atoms with Crippen molar-refractivity contribution in [2.75, 3.05) is 13.1 Å². The molecule has 0 saturated carbocycles. The molecule has 2 N–H and O–H groups in total. The van der Waals surface area contributed by atoms with E-state index in [9.17, 15) is 9.59 Å². The number of carboxylic acids is 1. The number of hydrogen-bond acceptors (Lipinski definition) is 2. The molecule has 0 aromatic rings. The summed E-state index contributed by atoms with van der Waals surface area (Å²) in [6, 6.07) is -1.04. The maximum absolute atomic E-state index is 12.2. The van der Waals surface area contributed by atoms with Crippen molar-refractivity contribution in [1.82, 2.24) is 10.2 Å². The molecule has 2 unspecified atom stereocenters. The van der Waals surface area contributed by atoms with Gasteiger partial charge in [-0.15, -0.1) is 0 Å². The smallest absolute Gasteiger partial charge is 0.326 e. The average Bonchev–Trinajstić information content (AvgIpc) is 2.75. The molecule has 2 amide bonds. The summed E-state index contributed by atoms with van der Waals surface area (Å²) in [6.07, 6.45) is 1.44. The van der Waals surface area contributed by atoms with Crippen LogP contribution in [0.4, 0.5) is 4.79 Å². The maximum Gasteiger partial charge on any atom is 0.326 e. The van der Waals surface area contributed by atoms with E-state index in [1.807, 2.05) is 13.8 Å². The lowest BCUT2D eigenvalue weighted by Crippen LogP contribution is -2.48. The molecular formula is C15H28N2O3. The van der Waals surface area contributed by atoms with E-state index in [0.717, 1.165) is 6.42 Å². The van der Waals surface area contributed by atoms with Gasteiger partial charge in [-0.05, 0) is 30.1 Å². The Kier molecular flexibility index (Phi) is 5.42. The highest BCUT2D eigenvalue weighted by Gasteiger charge is 2.34. The zero-order chi connectivity index (χ0) is 15.5. The van der Waals surface area contributed by atoms with E-state index in [1.165, 1.54) is 0 Å². The number of carbonyl (C=O) groups excluding carboxylic acids is 1. The quantitative estimate of drug-likeness (QED) is 0.833. The van der Waals surface area contributed by atoms with E-state index >= 15 is 0 Å². The van der Waals surface area contributed by atoms with E-state index in [1.54, 1.807) is 4.90 Å². The highest BCUT2D eigenvalue weighted by Crippen LogP contribution is 2.33. The summed E-state index contributed by atoms with van der Waals surface area (Å²) in [5, 5.41) is 11.8. The van der Waals surface area contributed by atoms with Gasteiger partial charge in [-0.1, -0.05) is 34.6 Å². The van der Waals surface area contributed by atoms with Crippen LogP contribution in [0.5, 0.6) is 0 Å². The van der Waals surface area contributed by atoms with Crippen molar-refractivity contribution in [3.8, 4) is 0 Å². The number of rotatable bonds is 4. The van der Waals surface area contributed by atoms with Gasteiger partial charge in [0.1, 0.15) is 6.04 Å². The summed E-state index contributed by atoms with van der Waals surface area (Å²) >= 11 is 0. The molecule has 0 bridgehead atoms. The van der Waals surface area contributed by atoms with Crippen molar-refractivity contribution in [1.29, 1.82) is 0 Å². The molecule has 0 spiro atoms. The Labute approximate surface area is 121 Å². The second kappa shape index (κ2) is 6.46. The summed E-state index contributed by atoms with van der Waals surface area (Å²) < 4.78 is 0. The zero-order valence-corrected chi connectivity index (χ0v) is 13.3. The number of nitrogens with one attached hydrogen (secondary N) is 1. The maximum atomic E-state index is 12.2. The minimum absolute atomic E-state index is 0.180. The second-order valence-electron chi connectivity index (χ2n) is 7.27. The molecule has 1 aliphatic heterocycles. The third-order valence-electron chi connectivity index (χ3n) is 4.00. The summed E-state index contributed by atoms with van der Waals surface area (Å²) in [4.78, 5) is 25.1. The van der Waals surface area contributed by atoms with Gasteiger partial charge in [0, 0.05) is 13.1 Å². The van der Waals surface area contributed by atoms with Crippen LogP contribution in [-0.2, 0) is 4.79 Å². The monoisotopic (exact) mass is 284 g/mol. The van der Waals surface area contributed by atoms with Crippen LogP contribution in [0.15, 0.2) is 0 Å². The number of nitrogens with zero attached hydrogens (tertiary/aromatic N) is 1. The molecule has 1 saturated heterocycles. The van der Waals surface area contributed by atoms with Gasteiger partial charge >= 0.3 is 12.0 Å². The van der Waals surface area contributed by atoms with Gasteiger partial charge in [0.15, 0.2) is 0 Å². The van der Waals surface area contributed by atoms with Gasteiger partial charge < -0.3 is 15.3 Å². The molecule has 0 aromatic carbocycles. The molecule has 116 valence electrons. The minimum atomic E-state index is -0.960. The molecule has 1 fully saturated rings. The van der Waals surface area contributed by atoms with Crippen molar-refractivity contribution >= 4 is 12.0 Å². The van der Waals surface area contributed by atoms with Crippen molar-refractivity contribution in [2.24, 2.45) is 17.3 Å². The first kappa shape index (κ1) is 16.8. The lowest BCUT2D eigenvalue weighted by atomic mass is 9.80. The predicted octanol–water partition coefficient (Wildman–Crippen LogP) is 2.56. The number of carbonyl (C=O) groups is 2. The number of aliphatic carboxylic acids is 1. The fraction of sp³-hybridized carbons (Fsp3) is 0.867. The number of amides is 2. The molecule has 2 atom stereocenters. The van der Waals surface area contributed by atoms with Gasteiger partial charge in [0.05, 0.1) is 0 Å². The molecule has 1 rings (SSSR count). The molecule has 0 aromatic heterocycles. The van der Waals surface area contributed by atoms with E-state index in [0.29, 0.717) is 25.4 Å². The number of urea groups is 1. The van der Waals surface area contributed by atoms with Crippen molar-refractivity contribution in [3.05, 3.63) is 0 Å². The standard InChI is InChI=1S/C15H28N2O3/c1-10(2)8-12(13(18)19)16-14(20)17-7-6-11(9-17)15(3,4)5/h10-12H,6-9H2,1-5H3,(H,16,20)(H,18,19). The van der Waals surface area contributed by atoms with Crippen molar-refractivity contribution < 1.29 is 14.7 Å². The molecular weight excluding hydrogens is 256 g/mol. The van der Waals surface area contributed by atoms with E-state index < -0.39 is 12.0 Å². The van der Waals surface area contributed by atoms with Crippen LogP contribution < -0.4 is 5.32 Å². The first-order valence-corrected chi connectivity index (χ1v) is 7.39. The molecule has 5 heteroatoms. The number of hydrogen-bond donors (Lipinski definition) is 2. The first-order valence-electron chi connectivity index (χ1n) is 7.39. The summed E-state index contributed by atoms with van der Waals surface area (Å²) in [5.41, 5.74) is 0.180. The topological polar surface area (TPSA) is 69.6 Å². The Morgan fingerprint density at radius 3 is 2.35 bits per heavy atom. The number of carboxylic acid groups (broad SMARTS) is 1. The minimum Gasteiger partial charge on any atom is -0.480 e. The van der Waals surface area contributed by atoms with Gasteiger partial charge in [0.25, 0.3) is 0 Å². The summed E-state index contributed by atoms with van der Waals surface area (Å²) in [5.74, 6) is -0.252. The molecule has 5 nitrogen and oxygen atoms in total. The van der Waals surface area contributed by atoms with Crippen molar-refractivity contribution in [3.63, 3.8) is 0 Å². The number of likely N-dealkylation sites (tertiary alicyclic amines) is 1. The Bertz CT molecular complexity index is 361. The average molecular weight is 284 g/mol. The van der Waals surface area contributed by atoms with Crippen LogP contribution in [0, 0.1) is 17.3 Å². The molecule has 20 heavy (non-hydrogen) atoms. The third-order valence-corrected chi connectivity index (χ3v) is 4.00. The second-order valence-corrected chi connectivity index (χ2v) is 7.27. The first-order chi connectivity index (χ1) is 9.11. The highest BCUT2D eigenvalue weighted by molar-refractivity contribution is 5.82. The van der Waals surface area contributed by atoms with Crippen LogP contribution in [0.1, 0.15) is 47.5 Å². The molecule has 0 aliphatic carbocycles. The fourth-order valence-corrected chi connectivity index (χ4v) is 2.58. The largest absolute Gasteiger partial charge is 0.480 e. The Balaban J connectivity index is 2.56. The van der Waals surface area contributed by atoms with E-state index in [4.69, 9.17) is 5.11 Å². The van der Waals surface area contributed by atoms with Crippen LogP contribution in [0.3, 0.4) is 0 Å². The predicted molar refractivity (Wildman–Crippen MR) is 78.5 cm³/mol. The van der Waals surface area contributed by atoms with E-state index in [-0.39, 0.29) is 17.4 Å². The van der Waals surface area contributed by atoms with Gasteiger partial charge in [-0.3, -0.25) is 0 Å². The Morgan fingerprint density at radius 1 is 1.35 bits per heavy atom. The Hall–Kier alpha value is -1.26. The van der Waals surface area contributed by atoms with Crippen molar-refractivity contribution in [2.45, 2.75) is 53.5 Å². The normalized spacial score (nSPS) is 21.1. The van der Waals surface area contributed by atoms with Gasteiger partial charge in [-0.25, -0.2) is 9.59 Å². The summed E-state index contributed by atoms with van der Waals surface area (Å²) in [7, 11) is 0. The van der Waals surface area contributed by atoms with Crippen LogP contribution in [-0.4, -0.2) is 41.1 Å². The molecule has 1 aliphatic rings. The third kappa shape index (κ3) is 4.69. The Morgan fingerprint density at radius 2 is 1.95 bits per heavy atom. The van der Waals surface area contributed by atoms with Crippen LogP contribution in [0.2, 0.25) is 0 Å². The van der Waals surface area contributed by atoms with Crippen LogP contribution >= 0.6 is 0 Å². The van der Waals surface area contributed by atoms with Crippen LogP contribution in [0.25, 0.3) is 0 Å². The SMILES string of the molecule is CC(C)CC(NC(=O)N1CCC(C(C)(C)C)C1)C(=O)O. The van der Waals surface area contributed by atoms with Gasteiger partial charge in [-0.2, -0.15) is 0 Å². The highest BCUT2D eigenvalue weighted by atomic mass is 16.4. The van der Waals surface area contributed by atoms with Gasteiger partial charge in [0.2, 0.25) is 0 Å². The zero-order valence-electron chi connectivity index (χ0n) is 13.3. The lowest BCUT2D eigenvalue weighted by Gasteiger charge is -2.27. The van der Waals surface area contributed by atoms with E-state index in [2.05, 4.69) is 26.1 Å². The molecule has 1 heterocycles. The molecule has 0 radical (unpaired) electrons. The fourth-order valence-electron chi connectivity index (χ4n) is 2.58.